The highest BCUT2D eigenvalue weighted by molar-refractivity contribution is 6.33. The number of carbonyl (C=O) groups is 2. The van der Waals surface area contributed by atoms with Crippen molar-refractivity contribution in [3.8, 4) is 5.75 Å². The van der Waals surface area contributed by atoms with E-state index in [-0.39, 0.29) is 6.61 Å². The van der Waals surface area contributed by atoms with E-state index < -0.39 is 11.8 Å². The van der Waals surface area contributed by atoms with Crippen LogP contribution in [0.1, 0.15) is 15.9 Å². The molecule has 0 fully saturated rings. The minimum Gasteiger partial charge on any atom is -0.484 e. The van der Waals surface area contributed by atoms with Crippen LogP contribution in [0.15, 0.2) is 53.6 Å². The molecule has 0 bridgehead atoms. The molecule has 7 heteroatoms. The van der Waals surface area contributed by atoms with Gasteiger partial charge in [0.1, 0.15) is 5.75 Å². The first kappa shape index (κ1) is 16.5. The minimum atomic E-state index is -0.544. The van der Waals surface area contributed by atoms with Crippen molar-refractivity contribution in [1.82, 2.24) is 5.43 Å². The molecule has 2 aromatic rings. The van der Waals surface area contributed by atoms with E-state index in [0.717, 1.165) is 5.56 Å². The summed E-state index contributed by atoms with van der Waals surface area (Å²) in [5.41, 5.74) is 8.48. The fraction of sp³-hybridized carbons (Fsp3) is 0.0625. The van der Waals surface area contributed by atoms with Crippen LogP contribution in [0.25, 0.3) is 0 Å². The summed E-state index contributed by atoms with van der Waals surface area (Å²) in [6.45, 7) is -0.179. The average molecular weight is 332 g/mol. The van der Waals surface area contributed by atoms with E-state index in [0.29, 0.717) is 16.3 Å². The largest absolute Gasteiger partial charge is 0.484 e. The number of primary amides is 1. The standard InChI is InChI=1S/C16H14ClN3O3/c17-14-4-2-1-3-13(14)16(22)20-19-9-11-5-7-12(8-6-11)23-10-15(18)21/h1-9H,10H2,(H2,18,21)(H,20,22). The summed E-state index contributed by atoms with van der Waals surface area (Å²) in [7, 11) is 0. The fourth-order valence-corrected chi connectivity index (χ4v) is 1.90. The predicted octanol–water partition coefficient (Wildman–Crippen LogP) is 1.97. The summed E-state index contributed by atoms with van der Waals surface area (Å²) in [6, 6.07) is 13.5. The number of rotatable bonds is 6. The Morgan fingerprint density at radius 3 is 2.52 bits per heavy atom. The highest BCUT2D eigenvalue weighted by Gasteiger charge is 2.07. The van der Waals surface area contributed by atoms with E-state index in [1.54, 1.807) is 48.5 Å². The summed E-state index contributed by atoms with van der Waals surface area (Å²) >= 11 is 5.92. The van der Waals surface area contributed by atoms with Crippen LogP contribution in [0.5, 0.6) is 5.75 Å². The monoisotopic (exact) mass is 331 g/mol. The topological polar surface area (TPSA) is 93.8 Å². The molecule has 2 amide bonds. The number of hydrogen-bond donors (Lipinski definition) is 2. The lowest BCUT2D eigenvalue weighted by molar-refractivity contribution is -0.119. The molecule has 6 nitrogen and oxygen atoms in total. The molecular weight excluding hydrogens is 318 g/mol. The first-order valence-electron chi connectivity index (χ1n) is 6.65. The number of halogens is 1. The molecule has 0 radical (unpaired) electrons. The zero-order valence-electron chi connectivity index (χ0n) is 12.0. The first-order valence-corrected chi connectivity index (χ1v) is 7.03. The maximum Gasteiger partial charge on any atom is 0.272 e. The molecule has 0 saturated heterocycles. The third-order valence-corrected chi connectivity index (χ3v) is 3.09. The average Bonchev–Trinajstić information content (AvgIpc) is 2.54. The van der Waals surface area contributed by atoms with Crippen molar-refractivity contribution in [3.05, 3.63) is 64.7 Å². The van der Waals surface area contributed by atoms with Crippen molar-refractivity contribution in [2.45, 2.75) is 0 Å². The zero-order chi connectivity index (χ0) is 16.7. The van der Waals surface area contributed by atoms with Gasteiger partial charge in [-0.15, -0.1) is 0 Å². The van der Waals surface area contributed by atoms with E-state index in [2.05, 4.69) is 10.5 Å². The summed E-state index contributed by atoms with van der Waals surface area (Å²) < 4.78 is 5.13. The van der Waals surface area contributed by atoms with E-state index in [9.17, 15) is 9.59 Å². The van der Waals surface area contributed by atoms with Crippen LogP contribution in [0.3, 0.4) is 0 Å². The van der Waals surface area contributed by atoms with Gasteiger partial charge in [0.15, 0.2) is 6.61 Å². The van der Waals surface area contributed by atoms with E-state index >= 15 is 0 Å². The van der Waals surface area contributed by atoms with Gasteiger partial charge in [-0.2, -0.15) is 5.10 Å². The van der Waals surface area contributed by atoms with Crippen LogP contribution >= 0.6 is 11.6 Å². The second kappa shape index (κ2) is 7.95. The van der Waals surface area contributed by atoms with Gasteiger partial charge < -0.3 is 10.5 Å². The molecule has 0 saturated carbocycles. The smallest absolute Gasteiger partial charge is 0.272 e. The molecule has 118 valence electrons. The van der Waals surface area contributed by atoms with Gasteiger partial charge in [-0.05, 0) is 42.0 Å². The second-order valence-corrected chi connectivity index (χ2v) is 4.91. The Hall–Kier alpha value is -2.86. The molecule has 0 aromatic heterocycles. The molecule has 23 heavy (non-hydrogen) atoms. The van der Waals surface area contributed by atoms with Crippen molar-refractivity contribution in [3.63, 3.8) is 0 Å². The van der Waals surface area contributed by atoms with Gasteiger partial charge >= 0.3 is 0 Å². The van der Waals surface area contributed by atoms with Crippen LogP contribution in [0, 0.1) is 0 Å². The summed E-state index contributed by atoms with van der Waals surface area (Å²) in [6.07, 6.45) is 1.48. The lowest BCUT2D eigenvalue weighted by Crippen LogP contribution is -2.20. The van der Waals surface area contributed by atoms with Gasteiger partial charge in [-0.1, -0.05) is 23.7 Å². The lowest BCUT2D eigenvalue weighted by atomic mass is 10.2. The van der Waals surface area contributed by atoms with Crippen molar-refractivity contribution in [2.75, 3.05) is 6.61 Å². The number of hydrogen-bond acceptors (Lipinski definition) is 4. The molecule has 3 N–H and O–H groups in total. The molecule has 0 aliphatic carbocycles. The molecule has 0 spiro atoms. The van der Waals surface area contributed by atoms with E-state index in [1.807, 2.05) is 0 Å². The van der Waals surface area contributed by atoms with Crippen LogP contribution in [0.2, 0.25) is 5.02 Å². The molecule has 0 atom stereocenters. The predicted molar refractivity (Wildman–Crippen MR) is 87.6 cm³/mol. The molecular formula is C16H14ClN3O3. The van der Waals surface area contributed by atoms with Crippen LogP contribution < -0.4 is 15.9 Å². The molecule has 0 unspecified atom stereocenters. The summed E-state index contributed by atoms with van der Waals surface area (Å²) in [5.74, 6) is -0.424. The van der Waals surface area contributed by atoms with Gasteiger partial charge in [0, 0.05) is 0 Å². The molecule has 2 rings (SSSR count). The van der Waals surface area contributed by atoms with Gasteiger partial charge in [0.25, 0.3) is 11.8 Å². The highest BCUT2D eigenvalue weighted by Crippen LogP contribution is 2.14. The maximum absolute atomic E-state index is 11.9. The molecule has 0 heterocycles. The van der Waals surface area contributed by atoms with Crippen molar-refractivity contribution in [2.24, 2.45) is 10.8 Å². The molecule has 0 aliphatic heterocycles. The van der Waals surface area contributed by atoms with Crippen molar-refractivity contribution >= 4 is 29.6 Å². The first-order chi connectivity index (χ1) is 11.1. The summed E-state index contributed by atoms with van der Waals surface area (Å²) in [5, 5.41) is 4.22. The number of nitrogens with one attached hydrogen (secondary N) is 1. The zero-order valence-corrected chi connectivity index (χ0v) is 12.8. The summed E-state index contributed by atoms with van der Waals surface area (Å²) in [4.78, 5) is 22.5. The number of nitrogens with zero attached hydrogens (tertiary/aromatic N) is 1. The van der Waals surface area contributed by atoms with E-state index in [4.69, 9.17) is 22.1 Å². The second-order valence-electron chi connectivity index (χ2n) is 4.50. The number of ether oxygens (including phenoxy) is 1. The third kappa shape index (κ3) is 5.12. The number of nitrogens with two attached hydrogens (primary N) is 1. The van der Waals surface area contributed by atoms with Crippen LogP contribution in [-0.4, -0.2) is 24.6 Å². The van der Waals surface area contributed by atoms with Gasteiger partial charge in [-0.3, -0.25) is 9.59 Å². The normalized spacial score (nSPS) is 10.5. The Morgan fingerprint density at radius 1 is 1.17 bits per heavy atom. The van der Waals surface area contributed by atoms with Crippen LogP contribution in [0.4, 0.5) is 0 Å². The van der Waals surface area contributed by atoms with Gasteiger partial charge in [0.05, 0.1) is 16.8 Å². The fourth-order valence-electron chi connectivity index (χ4n) is 1.68. The Balaban J connectivity index is 1.92. The van der Waals surface area contributed by atoms with Gasteiger partial charge in [0.2, 0.25) is 0 Å². The third-order valence-electron chi connectivity index (χ3n) is 2.76. The number of hydrazone groups is 1. The lowest BCUT2D eigenvalue weighted by Gasteiger charge is -2.03. The number of carbonyl (C=O) groups excluding carboxylic acids is 2. The number of benzene rings is 2. The highest BCUT2D eigenvalue weighted by atomic mass is 35.5. The molecule has 0 aliphatic rings. The molecule has 2 aromatic carbocycles. The van der Waals surface area contributed by atoms with Crippen LogP contribution in [-0.2, 0) is 4.79 Å². The van der Waals surface area contributed by atoms with E-state index in [1.165, 1.54) is 6.21 Å². The van der Waals surface area contributed by atoms with Crippen molar-refractivity contribution in [1.29, 1.82) is 0 Å². The maximum atomic E-state index is 11.9. The Bertz CT molecular complexity index is 730. The number of amides is 2. The minimum absolute atomic E-state index is 0.179. The van der Waals surface area contributed by atoms with Crippen molar-refractivity contribution < 1.29 is 14.3 Å². The Morgan fingerprint density at radius 2 is 1.87 bits per heavy atom. The quantitative estimate of drug-likeness (QED) is 0.626. The Kier molecular flexibility index (Phi) is 5.71. The Labute approximate surface area is 137 Å². The SMILES string of the molecule is NC(=O)COc1ccc(C=NNC(=O)c2ccccc2Cl)cc1. The van der Waals surface area contributed by atoms with Gasteiger partial charge in [-0.25, -0.2) is 5.43 Å².